The molecule has 0 aliphatic heterocycles. The number of benzene rings is 1. The molecule has 1 aromatic carbocycles. The fraction of sp³-hybridized carbons (Fsp3) is 0.231. The number of hydrogen-bond donors (Lipinski definition) is 2. The Balaban J connectivity index is 2.05. The molecule has 25 heavy (non-hydrogen) atoms. The maximum atomic E-state index is 12.2. The van der Waals surface area contributed by atoms with Crippen molar-refractivity contribution in [3.05, 3.63) is 29.8 Å². The van der Waals surface area contributed by atoms with E-state index in [-0.39, 0.29) is 21.3 Å². The molecule has 2 rings (SSSR count). The molecule has 2 aromatic rings. The number of anilines is 1. The predicted octanol–water partition coefficient (Wildman–Crippen LogP) is 0.618. The number of nitrogens with two attached hydrogens (primary N) is 1. The monoisotopic (exact) mass is 401 g/mol. The zero-order valence-electron chi connectivity index (χ0n) is 13.3. The highest BCUT2D eigenvalue weighted by Crippen LogP contribution is 2.25. The third-order valence-electron chi connectivity index (χ3n) is 2.86. The van der Waals surface area contributed by atoms with E-state index in [0.717, 1.165) is 27.4 Å². The largest absolute Gasteiger partial charge is 0.369 e. The van der Waals surface area contributed by atoms with Gasteiger partial charge in [0.05, 0.1) is 10.6 Å². The topological polar surface area (TPSA) is 135 Å². The summed E-state index contributed by atoms with van der Waals surface area (Å²) in [7, 11) is -0.688. The van der Waals surface area contributed by atoms with Gasteiger partial charge < -0.3 is 5.73 Å². The molecule has 1 aromatic heterocycles. The van der Waals surface area contributed by atoms with Gasteiger partial charge >= 0.3 is 0 Å². The third kappa shape index (κ3) is 4.98. The molecule has 0 radical (unpaired) electrons. The van der Waals surface area contributed by atoms with Crippen molar-refractivity contribution in [1.29, 1.82) is 0 Å². The molecule has 0 aliphatic carbocycles. The molecule has 2 amide bonds. The summed E-state index contributed by atoms with van der Waals surface area (Å²) in [6.07, 6.45) is 0. The van der Waals surface area contributed by atoms with Gasteiger partial charge in [-0.1, -0.05) is 23.1 Å². The predicted molar refractivity (Wildman–Crippen MR) is 95.1 cm³/mol. The zero-order valence-corrected chi connectivity index (χ0v) is 15.7. The van der Waals surface area contributed by atoms with Crippen LogP contribution < -0.4 is 11.1 Å². The maximum absolute atomic E-state index is 12.2. The Bertz CT molecular complexity index is 877. The summed E-state index contributed by atoms with van der Waals surface area (Å²) in [5, 5.41) is 10.5. The molecule has 1 heterocycles. The van der Waals surface area contributed by atoms with Crippen LogP contribution in [-0.4, -0.2) is 54.6 Å². The number of amides is 2. The second-order valence-electron chi connectivity index (χ2n) is 4.89. The summed E-state index contributed by atoms with van der Waals surface area (Å²) >= 11 is 2.23. The van der Waals surface area contributed by atoms with Gasteiger partial charge in [0, 0.05) is 19.7 Å². The molecule has 0 unspecified atom stereocenters. The van der Waals surface area contributed by atoms with Crippen LogP contribution in [0.3, 0.4) is 0 Å². The smallest absolute Gasteiger partial charge is 0.257 e. The van der Waals surface area contributed by atoms with Crippen LogP contribution in [0.15, 0.2) is 33.5 Å². The highest BCUT2D eigenvalue weighted by atomic mass is 32.2. The summed E-state index contributed by atoms with van der Waals surface area (Å²) < 4.78 is 25.6. The Morgan fingerprint density at radius 2 is 1.88 bits per heavy atom. The van der Waals surface area contributed by atoms with Gasteiger partial charge in [0.25, 0.3) is 5.91 Å². The summed E-state index contributed by atoms with van der Waals surface area (Å²) in [4.78, 5) is 23.0. The number of carbonyl (C=O) groups excluding carboxylic acids is 2. The van der Waals surface area contributed by atoms with Gasteiger partial charge in [-0.15, -0.1) is 10.2 Å². The summed E-state index contributed by atoms with van der Waals surface area (Å²) in [5.74, 6) is -0.848. The van der Waals surface area contributed by atoms with E-state index in [4.69, 9.17) is 5.73 Å². The van der Waals surface area contributed by atoms with Gasteiger partial charge in [0.1, 0.15) is 0 Å². The van der Waals surface area contributed by atoms with Crippen LogP contribution in [0.5, 0.6) is 0 Å². The first kappa shape index (κ1) is 19.3. The molecule has 0 atom stereocenters. The molecule has 0 aliphatic rings. The molecular weight excluding hydrogens is 386 g/mol. The number of aromatic nitrogens is 2. The number of sulfonamides is 1. The van der Waals surface area contributed by atoms with E-state index in [0.29, 0.717) is 4.34 Å². The molecule has 0 spiro atoms. The highest BCUT2D eigenvalue weighted by Gasteiger charge is 2.18. The van der Waals surface area contributed by atoms with Crippen molar-refractivity contribution in [1.82, 2.24) is 14.5 Å². The van der Waals surface area contributed by atoms with E-state index in [2.05, 4.69) is 15.5 Å². The number of carbonyl (C=O) groups is 2. The van der Waals surface area contributed by atoms with E-state index in [1.165, 1.54) is 38.4 Å². The Hall–Kier alpha value is -2.02. The Kier molecular flexibility index (Phi) is 6.11. The second-order valence-corrected chi connectivity index (χ2v) is 9.25. The van der Waals surface area contributed by atoms with Crippen molar-refractivity contribution in [2.24, 2.45) is 5.73 Å². The zero-order chi connectivity index (χ0) is 18.6. The van der Waals surface area contributed by atoms with Crippen LogP contribution in [0.2, 0.25) is 0 Å². The van der Waals surface area contributed by atoms with Crippen molar-refractivity contribution in [2.45, 2.75) is 9.24 Å². The maximum Gasteiger partial charge on any atom is 0.257 e. The van der Waals surface area contributed by atoms with Crippen molar-refractivity contribution in [3.8, 4) is 0 Å². The summed E-state index contributed by atoms with van der Waals surface area (Å²) in [6, 6.07) is 5.54. The van der Waals surface area contributed by atoms with Gasteiger partial charge in [0.15, 0.2) is 4.34 Å². The molecule has 134 valence electrons. The van der Waals surface area contributed by atoms with Gasteiger partial charge in [-0.25, -0.2) is 12.7 Å². The van der Waals surface area contributed by atoms with Crippen LogP contribution in [0.4, 0.5) is 5.13 Å². The molecule has 0 bridgehead atoms. The van der Waals surface area contributed by atoms with Crippen molar-refractivity contribution < 1.29 is 18.0 Å². The lowest BCUT2D eigenvalue weighted by atomic mass is 10.2. The van der Waals surface area contributed by atoms with Gasteiger partial charge in [-0.05, 0) is 24.3 Å². The highest BCUT2D eigenvalue weighted by molar-refractivity contribution is 8.01. The van der Waals surface area contributed by atoms with E-state index in [9.17, 15) is 18.0 Å². The Labute approximate surface area is 152 Å². The molecule has 3 N–H and O–H groups in total. The lowest BCUT2D eigenvalue weighted by molar-refractivity contribution is -0.115. The molecule has 0 saturated carbocycles. The summed E-state index contributed by atoms with van der Waals surface area (Å²) in [5.41, 5.74) is 5.32. The average molecular weight is 401 g/mol. The number of thioether (sulfide) groups is 1. The average Bonchev–Trinajstić information content (AvgIpc) is 3.00. The van der Waals surface area contributed by atoms with Crippen LogP contribution in [0, 0.1) is 0 Å². The van der Waals surface area contributed by atoms with E-state index in [1.54, 1.807) is 0 Å². The summed E-state index contributed by atoms with van der Waals surface area (Å²) in [6.45, 7) is 0. The standard InChI is InChI=1S/C13H15N5O4S3/c1-18(2)25(21,22)9-5-3-8(4-6-9)11(20)15-12-16-17-13(24-12)23-7-10(14)19/h3-6H,7H2,1-2H3,(H2,14,19)(H,15,16,20). The molecule has 9 nitrogen and oxygen atoms in total. The fourth-order valence-electron chi connectivity index (χ4n) is 1.61. The minimum atomic E-state index is -3.55. The van der Waals surface area contributed by atoms with Gasteiger partial charge in [0.2, 0.25) is 21.1 Å². The lowest BCUT2D eigenvalue weighted by Crippen LogP contribution is -2.22. The van der Waals surface area contributed by atoms with Crippen LogP contribution >= 0.6 is 23.1 Å². The quantitative estimate of drug-likeness (QED) is 0.513. The Morgan fingerprint density at radius 1 is 1.24 bits per heavy atom. The van der Waals surface area contributed by atoms with Crippen LogP contribution in [0.1, 0.15) is 10.4 Å². The minimum Gasteiger partial charge on any atom is -0.369 e. The van der Waals surface area contributed by atoms with Gasteiger partial charge in [-0.2, -0.15) is 0 Å². The minimum absolute atomic E-state index is 0.0738. The number of rotatable bonds is 7. The van der Waals surface area contributed by atoms with E-state index >= 15 is 0 Å². The van der Waals surface area contributed by atoms with E-state index in [1.807, 2.05) is 0 Å². The van der Waals surface area contributed by atoms with Crippen LogP contribution in [-0.2, 0) is 14.8 Å². The second kappa shape index (κ2) is 7.91. The van der Waals surface area contributed by atoms with Crippen molar-refractivity contribution in [2.75, 3.05) is 25.2 Å². The number of nitrogens with one attached hydrogen (secondary N) is 1. The normalized spacial score (nSPS) is 11.5. The first-order valence-electron chi connectivity index (χ1n) is 6.78. The molecular formula is C13H15N5O4S3. The molecule has 12 heteroatoms. The van der Waals surface area contributed by atoms with Crippen molar-refractivity contribution in [3.63, 3.8) is 0 Å². The van der Waals surface area contributed by atoms with Gasteiger partial charge in [-0.3, -0.25) is 14.9 Å². The number of primary amides is 1. The number of hydrogen-bond acceptors (Lipinski definition) is 8. The third-order valence-corrected chi connectivity index (χ3v) is 6.68. The molecule has 0 fully saturated rings. The van der Waals surface area contributed by atoms with Crippen LogP contribution in [0.25, 0.3) is 0 Å². The SMILES string of the molecule is CN(C)S(=O)(=O)c1ccc(C(=O)Nc2nnc(SCC(N)=O)s2)cc1. The number of nitrogens with zero attached hydrogens (tertiary/aromatic N) is 3. The fourth-order valence-corrected chi connectivity index (χ4v) is 4.00. The first-order valence-corrected chi connectivity index (χ1v) is 10.0. The molecule has 0 saturated heterocycles. The van der Waals surface area contributed by atoms with Crippen molar-refractivity contribution >= 4 is 50.1 Å². The Morgan fingerprint density at radius 3 is 2.44 bits per heavy atom. The van der Waals surface area contributed by atoms with E-state index < -0.39 is 21.8 Å². The first-order chi connectivity index (χ1) is 11.7. The lowest BCUT2D eigenvalue weighted by Gasteiger charge is -2.11.